The summed E-state index contributed by atoms with van der Waals surface area (Å²) in [7, 11) is 0. The summed E-state index contributed by atoms with van der Waals surface area (Å²) in [6.07, 6.45) is 1.46. The summed E-state index contributed by atoms with van der Waals surface area (Å²) in [5, 5.41) is 3.19. The van der Waals surface area contributed by atoms with Gasteiger partial charge in [-0.15, -0.1) is 0 Å². The van der Waals surface area contributed by atoms with Crippen molar-refractivity contribution in [1.29, 1.82) is 0 Å². The first-order valence-electron chi connectivity index (χ1n) is 8.89. The highest BCUT2D eigenvalue weighted by Crippen LogP contribution is 2.34. The lowest BCUT2D eigenvalue weighted by Gasteiger charge is -2.34. The van der Waals surface area contributed by atoms with Gasteiger partial charge in [0.2, 0.25) is 12.7 Å². The lowest BCUT2D eigenvalue weighted by atomic mass is 10.3. The fraction of sp³-hybridized carbons (Fsp3) is 0.389. The van der Waals surface area contributed by atoms with Crippen LogP contribution in [0.4, 0.5) is 22.2 Å². The number of carbonyl (C=O) groups is 1. The highest BCUT2D eigenvalue weighted by molar-refractivity contribution is 5.68. The van der Waals surface area contributed by atoms with Crippen LogP contribution < -0.4 is 19.7 Å². The first-order chi connectivity index (χ1) is 13.2. The molecular formula is C18H21N5O4. The average molecular weight is 371 g/mol. The normalized spacial score (nSPS) is 15.6. The molecule has 1 N–H and O–H groups in total. The number of nitrogens with zero attached hydrogens (tertiary/aromatic N) is 4. The predicted molar refractivity (Wildman–Crippen MR) is 98.7 cm³/mol. The molecule has 142 valence electrons. The van der Waals surface area contributed by atoms with Crippen LogP contribution in [0.2, 0.25) is 0 Å². The van der Waals surface area contributed by atoms with Gasteiger partial charge in [-0.3, -0.25) is 0 Å². The summed E-state index contributed by atoms with van der Waals surface area (Å²) in [5.74, 6) is 2.75. The number of hydrogen-bond donors (Lipinski definition) is 1. The first kappa shape index (κ1) is 17.2. The van der Waals surface area contributed by atoms with Crippen molar-refractivity contribution in [2.45, 2.75) is 6.92 Å². The molecule has 3 heterocycles. The van der Waals surface area contributed by atoms with E-state index in [2.05, 4.69) is 20.2 Å². The fourth-order valence-corrected chi connectivity index (χ4v) is 3.02. The monoisotopic (exact) mass is 371 g/mol. The molecule has 0 bridgehead atoms. The van der Waals surface area contributed by atoms with E-state index in [4.69, 9.17) is 14.2 Å². The van der Waals surface area contributed by atoms with Crippen molar-refractivity contribution in [2.24, 2.45) is 0 Å². The minimum absolute atomic E-state index is 0.239. The molecule has 27 heavy (non-hydrogen) atoms. The van der Waals surface area contributed by atoms with E-state index in [0.717, 1.165) is 17.3 Å². The Labute approximate surface area is 156 Å². The molecule has 0 unspecified atom stereocenters. The summed E-state index contributed by atoms with van der Waals surface area (Å²) in [6.45, 7) is 5.03. The Balaban J connectivity index is 1.40. The molecule has 1 saturated heterocycles. The molecule has 0 aliphatic carbocycles. The number of anilines is 3. The van der Waals surface area contributed by atoms with Gasteiger partial charge in [0.05, 0.1) is 6.61 Å². The number of fused-ring (bicyclic) bond motifs is 1. The van der Waals surface area contributed by atoms with Crippen molar-refractivity contribution in [1.82, 2.24) is 14.9 Å². The Morgan fingerprint density at radius 2 is 2.00 bits per heavy atom. The molecular weight excluding hydrogens is 350 g/mol. The Bertz CT molecular complexity index is 823. The lowest BCUT2D eigenvalue weighted by Crippen LogP contribution is -2.49. The predicted octanol–water partition coefficient (Wildman–Crippen LogP) is 2.23. The summed E-state index contributed by atoms with van der Waals surface area (Å²) < 4.78 is 15.8. The summed E-state index contributed by atoms with van der Waals surface area (Å²) in [5.41, 5.74) is 0.823. The molecule has 4 rings (SSSR count). The largest absolute Gasteiger partial charge is 0.454 e. The van der Waals surface area contributed by atoms with Crippen molar-refractivity contribution < 1.29 is 19.0 Å². The Kier molecular flexibility index (Phi) is 4.82. The van der Waals surface area contributed by atoms with Gasteiger partial charge in [-0.1, -0.05) is 0 Å². The zero-order valence-corrected chi connectivity index (χ0v) is 15.1. The zero-order valence-electron chi connectivity index (χ0n) is 15.1. The highest BCUT2D eigenvalue weighted by Gasteiger charge is 2.23. The lowest BCUT2D eigenvalue weighted by molar-refractivity contribution is 0.105. The summed E-state index contributed by atoms with van der Waals surface area (Å²) in [4.78, 5) is 24.5. The summed E-state index contributed by atoms with van der Waals surface area (Å²) in [6, 6.07) is 7.46. The zero-order chi connectivity index (χ0) is 18.6. The number of amides is 1. The van der Waals surface area contributed by atoms with Crippen LogP contribution in [0.25, 0.3) is 0 Å². The van der Waals surface area contributed by atoms with Crippen LogP contribution in [0.15, 0.2) is 30.5 Å². The molecule has 1 aromatic heterocycles. The van der Waals surface area contributed by atoms with Crippen LogP contribution in [0.1, 0.15) is 6.92 Å². The number of benzene rings is 1. The van der Waals surface area contributed by atoms with Gasteiger partial charge in [0.15, 0.2) is 11.5 Å². The maximum atomic E-state index is 11.8. The second-order valence-electron chi connectivity index (χ2n) is 6.10. The molecule has 1 fully saturated rings. The highest BCUT2D eigenvalue weighted by atomic mass is 16.7. The quantitative estimate of drug-likeness (QED) is 0.875. The van der Waals surface area contributed by atoms with Gasteiger partial charge in [0, 0.05) is 44.1 Å². The Hall–Kier alpha value is -3.23. The van der Waals surface area contributed by atoms with Gasteiger partial charge in [0.1, 0.15) is 5.82 Å². The second-order valence-corrected chi connectivity index (χ2v) is 6.10. The van der Waals surface area contributed by atoms with Crippen LogP contribution in [-0.2, 0) is 4.74 Å². The van der Waals surface area contributed by atoms with E-state index in [0.29, 0.717) is 44.5 Å². The Morgan fingerprint density at radius 3 is 2.81 bits per heavy atom. The molecule has 2 aliphatic heterocycles. The fourth-order valence-electron chi connectivity index (χ4n) is 3.02. The number of rotatable bonds is 4. The number of hydrogen-bond acceptors (Lipinski definition) is 8. The van der Waals surface area contributed by atoms with E-state index in [-0.39, 0.29) is 12.9 Å². The Morgan fingerprint density at radius 1 is 1.19 bits per heavy atom. The molecule has 0 spiro atoms. The van der Waals surface area contributed by atoms with E-state index >= 15 is 0 Å². The molecule has 1 amide bonds. The maximum Gasteiger partial charge on any atom is 0.409 e. The number of piperazine rings is 1. The van der Waals surface area contributed by atoms with Gasteiger partial charge < -0.3 is 29.3 Å². The topological polar surface area (TPSA) is 89.1 Å². The van der Waals surface area contributed by atoms with Gasteiger partial charge in [-0.25, -0.2) is 9.78 Å². The maximum absolute atomic E-state index is 11.8. The van der Waals surface area contributed by atoms with Crippen LogP contribution in [0, 0.1) is 0 Å². The molecule has 1 aromatic carbocycles. The third-order valence-electron chi connectivity index (χ3n) is 4.40. The van der Waals surface area contributed by atoms with Gasteiger partial charge in [-0.05, 0) is 25.1 Å². The summed E-state index contributed by atoms with van der Waals surface area (Å²) >= 11 is 0. The van der Waals surface area contributed by atoms with Crippen molar-refractivity contribution in [3.05, 3.63) is 30.5 Å². The number of ether oxygens (including phenoxy) is 3. The molecule has 9 nitrogen and oxygen atoms in total. The van der Waals surface area contributed by atoms with E-state index in [1.54, 1.807) is 11.1 Å². The first-order valence-corrected chi connectivity index (χ1v) is 8.89. The van der Waals surface area contributed by atoms with Crippen molar-refractivity contribution in [3.8, 4) is 11.5 Å². The third kappa shape index (κ3) is 3.81. The van der Waals surface area contributed by atoms with Crippen LogP contribution in [-0.4, -0.2) is 60.5 Å². The second kappa shape index (κ2) is 7.56. The molecule has 0 atom stereocenters. The van der Waals surface area contributed by atoms with Crippen molar-refractivity contribution in [2.75, 3.05) is 49.8 Å². The number of nitrogens with one attached hydrogen (secondary N) is 1. The van der Waals surface area contributed by atoms with Gasteiger partial charge >= 0.3 is 6.09 Å². The van der Waals surface area contributed by atoms with Crippen LogP contribution >= 0.6 is 0 Å². The van der Waals surface area contributed by atoms with Crippen LogP contribution in [0.5, 0.6) is 11.5 Å². The minimum atomic E-state index is -0.259. The molecule has 0 radical (unpaired) electrons. The van der Waals surface area contributed by atoms with Crippen LogP contribution in [0.3, 0.4) is 0 Å². The minimum Gasteiger partial charge on any atom is -0.454 e. The van der Waals surface area contributed by atoms with E-state index < -0.39 is 0 Å². The third-order valence-corrected chi connectivity index (χ3v) is 4.40. The molecule has 2 aromatic rings. The van der Waals surface area contributed by atoms with E-state index in [9.17, 15) is 4.79 Å². The van der Waals surface area contributed by atoms with Crippen molar-refractivity contribution >= 4 is 23.5 Å². The number of carbonyl (C=O) groups excluding carboxylic acids is 1. The SMILES string of the molecule is CCOC(=O)N1CCN(c2ccnc(Nc3ccc4c(c3)OCO4)n2)CC1. The van der Waals surface area contributed by atoms with E-state index in [1.807, 2.05) is 31.2 Å². The molecule has 9 heteroatoms. The van der Waals surface area contributed by atoms with Crippen molar-refractivity contribution in [3.63, 3.8) is 0 Å². The van der Waals surface area contributed by atoms with E-state index in [1.165, 1.54) is 0 Å². The number of aromatic nitrogens is 2. The standard InChI is InChI=1S/C18H21N5O4/c1-2-25-18(24)23-9-7-22(8-10-23)16-5-6-19-17(21-16)20-13-3-4-14-15(11-13)27-12-26-14/h3-6,11H,2,7-10,12H2,1H3,(H,19,20,21). The average Bonchev–Trinajstić information content (AvgIpc) is 3.16. The smallest absolute Gasteiger partial charge is 0.409 e. The molecule has 2 aliphatic rings. The van der Waals surface area contributed by atoms with Gasteiger partial charge in [0.25, 0.3) is 0 Å². The van der Waals surface area contributed by atoms with Gasteiger partial charge in [-0.2, -0.15) is 4.98 Å². The molecule has 0 saturated carbocycles.